The lowest BCUT2D eigenvalue weighted by atomic mass is 9.80. The molecular formula is C11H24NO+. The number of hydrogen-bond acceptors (Lipinski definition) is 1. The first-order valence-electron chi connectivity index (χ1n) is 5.38. The van der Waals surface area contributed by atoms with E-state index in [-0.39, 0.29) is 0 Å². The largest absolute Gasteiger partial charge is 0.391 e. The molecule has 0 aliphatic carbocycles. The Balaban J connectivity index is 2.78. The number of rotatable bonds is 2. The van der Waals surface area contributed by atoms with Gasteiger partial charge in [-0.15, -0.1) is 0 Å². The SMILES string of the molecule is CC1(C)CCCC(C)(C)[NH+]1CCO. The lowest BCUT2D eigenvalue weighted by molar-refractivity contribution is -0.999. The van der Waals surface area contributed by atoms with Crippen molar-refractivity contribution in [3.63, 3.8) is 0 Å². The van der Waals surface area contributed by atoms with E-state index in [4.69, 9.17) is 5.11 Å². The molecule has 0 spiro atoms. The fourth-order valence-corrected chi connectivity index (χ4v) is 2.98. The van der Waals surface area contributed by atoms with Crippen LogP contribution in [-0.2, 0) is 0 Å². The fraction of sp³-hybridized carbons (Fsp3) is 1.00. The van der Waals surface area contributed by atoms with Gasteiger partial charge in [-0.2, -0.15) is 0 Å². The first-order valence-corrected chi connectivity index (χ1v) is 5.38. The van der Waals surface area contributed by atoms with Crippen LogP contribution >= 0.6 is 0 Å². The van der Waals surface area contributed by atoms with Gasteiger partial charge in [-0.05, 0) is 34.1 Å². The third-order valence-corrected chi connectivity index (χ3v) is 3.60. The van der Waals surface area contributed by atoms with Crippen molar-refractivity contribution in [3.05, 3.63) is 0 Å². The van der Waals surface area contributed by atoms with Gasteiger partial charge < -0.3 is 10.0 Å². The second-order valence-corrected chi connectivity index (χ2v) is 5.57. The number of quaternary nitrogens is 1. The molecule has 0 radical (unpaired) electrons. The quantitative estimate of drug-likeness (QED) is 0.649. The zero-order valence-electron chi connectivity index (χ0n) is 9.48. The van der Waals surface area contributed by atoms with Gasteiger partial charge in [0.05, 0.1) is 17.7 Å². The molecule has 1 aliphatic heterocycles. The molecule has 13 heavy (non-hydrogen) atoms. The minimum Gasteiger partial charge on any atom is -0.391 e. The number of piperidine rings is 1. The molecule has 2 nitrogen and oxygen atoms in total. The second kappa shape index (κ2) is 3.58. The normalized spacial score (nSPS) is 27.5. The van der Waals surface area contributed by atoms with E-state index in [1.165, 1.54) is 19.3 Å². The van der Waals surface area contributed by atoms with Gasteiger partial charge >= 0.3 is 0 Å². The second-order valence-electron chi connectivity index (χ2n) is 5.57. The number of nitrogens with one attached hydrogen (secondary N) is 1. The summed E-state index contributed by atoms with van der Waals surface area (Å²) in [4.78, 5) is 1.56. The molecular weight excluding hydrogens is 162 g/mol. The fourth-order valence-electron chi connectivity index (χ4n) is 2.98. The first kappa shape index (κ1) is 11.0. The molecule has 1 saturated heterocycles. The molecule has 0 aromatic rings. The Morgan fingerprint density at radius 2 is 1.54 bits per heavy atom. The van der Waals surface area contributed by atoms with E-state index in [2.05, 4.69) is 27.7 Å². The van der Waals surface area contributed by atoms with Crippen LogP contribution in [0.25, 0.3) is 0 Å². The zero-order chi connectivity index (χ0) is 10.1. The van der Waals surface area contributed by atoms with E-state index in [1.807, 2.05) is 0 Å². The number of aliphatic hydroxyl groups is 1. The molecule has 0 aromatic carbocycles. The molecule has 0 unspecified atom stereocenters. The van der Waals surface area contributed by atoms with Gasteiger partial charge in [0.2, 0.25) is 0 Å². The van der Waals surface area contributed by atoms with Crippen molar-refractivity contribution in [1.29, 1.82) is 0 Å². The summed E-state index contributed by atoms with van der Waals surface area (Å²) in [6, 6.07) is 0. The van der Waals surface area contributed by atoms with Crippen molar-refractivity contribution < 1.29 is 10.0 Å². The van der Waals surface area contributed by atoms with E-state index >= 15 is 0 Å². The molecule has 0 atom stereocenters. The van der Waals surface area contributed by atoms with Crippen molar-refractivity contribution in [1.82, 2.24) is 0 Å². The molecule has 2 heteroatoms. The van der Waals surface area contributed by atoms with E-state index in [0.717, 1.165) is 6.54 Å². The minimum absolute atomic E-state index is 0.308. The topological polar surface area (TPSA) is 24.7 Å². The summed E-state index contributed by atoms with van der Waals surface area (Å²) >= 11 is 0. The maximum Gasteiger partial charge on any atom is 0.101 e. The minimum atomic E-state index is 0.308. The van der Waals surface area contributed by atoms with Crippen LogP contribution in [0.2, 0.25) is 0 Å². The van der Waals surface area contributed by atoms with E-state index in [1.54, 1.807) is 4.90 Å². The van der Waals surface area contributed by atoms with Gasteiger partial charge in [-0.1, -0.05) is 0 Å². The predicted octanol–water partition coefficient (Wildman–Crippen LogP) is 0.605. The molecule has 0 saturated carbocycles. The molecule has 0 aromatic heterocycles. The van der Waals surface area contributed by atoms with Gasteiger partial charge in [0.15, 0.2) is 0 Å². The molecule has 1 rings (SSSR count). The molecule has 1 heterocycles. The Bertz CT molecular complexity index is 159. The average Bonchev–Trinajstić information content (AvgIpc) is 1.96. The Hall–Kier alpha value is -0.0800. The Morgan fingerprint density at radius 3 is 1.92 bits per heavy atom. The lowest BCUT2D eigenvalue weighted by Gasteiger charge is -2.49. The third-order valence-electron chi connectivity index (χ3n) is 3.60. The average molecular weight is 186 g/mol. The van der Waals surface area contributed by atoms with Gasteiger partial charge in [0.25, 0.3) is 0 Å². The lowest BCUT2D eigenvalue weighted by Crippen LogP contribution is -3.26. The highest BCUT2D eigenvalue weighted by Crippen LogP contribution is 2.22. The summed E-state index contributed by atoms with van der Waals surface area (Å²) in [5.74, 6) is 0. The van der Waals surface area contributed by atoms with E-state index < -0.39 is 0 Å². The number of aliphatic hydroxyl groups excluding tert-OH is 1. The molecule has 1 fully saturated rings. The highest BCUT2D eigenvalue weighted by molar-refractivity contribution is 4.80. The van der Waals surface area contributed by atoms with Crippen molar-refractivity contribution >= 4 is 0 Å². The maximum atomic E-state index is 9.06. The van der Waals surface area contributed by atoms with Gasteiger partial charge in [-0.25, -0.2) is 0 Å². The molecule has 1 aliphatic rings. The summed E-state index contributed by atoms with van der Waals surface area (Å²) < 4.78 is 0. The Labute approximate surface area is 81.9 Å². The van der Waals surface area contributed by atoms with Gasteiger partial charge in [0.1, 0.15) is 6.54 Å². The number of likely N-dealkylation sites (tertiary alicyclic amines) is 1. The Morgan fingerprint density at radius 1 is 1.08 bits per heavy atom. The summed E-state index contributed by atoms with van der Waals surface area (Å²) in [6.45, 7) is 10.5. The van der Waals surface area contributed by atoms with Crippen LogP contribution in [0.1, 0.15) is 47.0 Å². The van der Waals surface area contributed by atoms with Crippen LogP contribution in [0.4, 0.5) is 0 Å². The summed E-state index contributed by atoms with van der Waals surface area (Å²) in [7, 11) is 0. The van der Waals surface area contributed by atoms with Gasteiger partial charge in [-0.3, -0.25) is 0 Å². The van der Waals surface area contributed by atoms with Crippen LogP contribution in [0, 0.1) is 0 Å². The summed E-state index contributed by atoms with van der Waals surface area (Å²) in [5.41, 5.74) is 0.676. The van der Waals surface area contributed by atoms with Gasteiger partial charge in [0, 0.05) is 12.8 Å². The zero-order valence-corrected chi connectivity index (χ0v) is 9.48. The van der Waals surface area contributed by atoms with Crippen LogP contribution < -0.4 is 4.90 Å². The maximum absolute atomic E-state index is 9.06. The van der Waals surface area contributed by atoms with Crippen molar-refractivity contribution in [2.24, 2.45) is 0 Å². The number of hydrogen-bond donors (Lipinski definition) is 2. The molecule has 0 amide bonds. The predicted molar refractivity (Wildman–Crippen MR) is 54.9 cm³/mol. The highest BCUT2D eigenvalue weighted by atomic mass is 16.3. The van der Waals surface area contributed by atoms with Crippen molar-refractivity contribution in [3.8, 4) is 0 Å². The Kier molecular flexibility index (Phi) is 3.03. The molecule has 2 N–H and O–H groups in total. The smallest absolute Gasteiger partial charge is 0.101 e. The van der Waals surface area contributed by atoms with Crippen LogP contribution in [0.15, 0.2) is 0 Å². The van der Waals surface area contributed by atoms with Crippen molar-refractivity contribution in [2.75, 3.05) is 13.2 Å². The van der Waals surface area contributed by atoms with Crippen molar-refractivity contribution in [2.45, 2.75) is 58.0 Å². The van der Waals surface area contributed by atoms with E-state index in [9.17, 15) is 0 Å². The monoisotopic (exact) mass is 186 g/mol. The summed E-state index contributed by atoms with van der Waals surface area (Å²) in [6.07, 6.45) is 3.90. The first-order chi connectivity index (χ1) is 5.90. The van der Waals surface area contributed by atoms with Crippen LogP contribution in [0.5, 0.6) is 0 Å². The third kappa shape index (κ3) is 2.23. The van der Waals surface area contributed by atoms with Crippen LogP contribution in [0.3, 0.4) is 0 Å². The standard InChI is InChI=1S/C11H23NO/c1-10(2)6-5-7-11(3,4)12(10)8-9-13/h13H,5-9H2,1-4H3/p+1. The molecule has 0 bridgehead atoms. The van der Waals surface area contributed by atoms with Crippen LogP contribution in [-0.4, -0.2) is 29.3 Å². The van der Waals surface area contributed by atoms with E-state index in [0.29, 0.717) is 17.7 Å². The summed E-state index contributed by atoms with van der Waals surface area (Å²) in [5, 5.41) is 9.06. The highest BCUT2D eigenvalue weighted by Gasteiger charge is 2.44. The molecule has 78 valence electrons.